The Kier molecular flexibility index (Phi) is 5.09. The van der Waals surface area contributed by atoms with Gasteiger partial charge in [0.15, 0.2) is 0 Å². The summed E-state index contributed by atoms with van der Waals surface area (Å²) < 4.78 is 5.19. The van der Waals surface area contributed by atoms with E-state index in [0.717, 1.165) is 16.3 Å². The third-order valence-electron chi connectivity index (χ3n) is 3.55. The maximum absolute atomic E-state index is 12.3. The van der Waals surface area contributed by atoms with E-state index >= 15 is 0 Å². The summed E-state index contributed by atoms with van der Waals surface area (Å²) in [7, 11) is 0. The van der Waals surface area contributed by atoms with Crippen molar-refractivity contribution in [2.75, 3.05) is 6.61 Å². The molecule has 0 spiro atoms. The van der Waals surface area contributed by atoms with Gasteiger partial charge in [-0.05, 0) is 36.6 Å². The van der Waals surface area contributed by atoms with Gasteiger partial charge in [-0.3, -0.25) is 4.79 Å². The number of rotatable bonds is 6. The monoisotopic (exact) mass is 284 g/mol. The molecule has 3 nitrogen and oxygen atoms in total. The quantitative estimate of drug-likeness (QED) is 0.757. The summed E-state index contributed by atoms with van der Waals surface area (Å²) in [4.78, 5) is 23.5. The molecule has 0 saturated heterocycles. The highest BCUT2D eigenvalue weighted by Crippen LogP contribution is 2.30. The maximum Gasteiger partial charge on any atom is 0.313 e. The molecule has 0 fully saturated rings. The first-order valence-corrected chi connectivity index (χ1v) is 7.27. The second kappa shape index (κ2) is 7.02. The number of benzene rings is 2. The highest BCUT2D eigenvalue weighted by Gasteiger charge is 2.23. The lowest BCUT2D eigenvalue weighted by Crippen LogP contribution is -2.17. The summed E-state index contributed by atoms with van der Waals surface area (Å²) in [6.45, 7) is 3.69. The zero-order valence-corrected chi connectivity index (χ0v) is 12.5. The highest BCUT2D eigenvalue weighted by molar-refractivity contribution is 5.91. The minimum Gasteiger partial charge on any atom is -0.466 e. The molecule has 0 radical (unpaired) electrons. The van der Waals surface area contributed by atoms with E-state index in [2.05, 4.69) is 0 Å². The molecule has 3 heteroatoms. The Balaban J connectivity index is 2.42. The highest BCUT2D eigenvalue weighted by atomic mass is 16.5. The van der Waals surface area contributed by atoms with Gasteiger partial charge in [-0.1, -0.05) is 42.5 Å². The zero-order chi connectivity index (χ0) is 15.2. The molecule has 110 valence electrons. The first-order valence-electron chi connectivity index (χ1n) is 7.27. The van der Waals surface area contributed by atoms with E-state index < -0.39 is 0 Å². The molecule has 21 heavy (non-hydrogen) atoms. The summed E-state index contributed by atoms with van der Waals surface area (Å²) in [5.74, 6) is -0.556. The van der Waals surface area contributed by atoms with Crippen LogP contribution in [0.15, 0.2) is 42.5 Å². The van der Waals surface area contributed by atoms with Gasteiger partial charge in [-0.2, -0.15) is 0 Å². The van der Waals surface area contributed by atoms with Crippen LogP contribution >= 0.6 is 0 Å². The SMILES string of the molecule is CCOC(=O)C(CCC(C)=O)c1cccc2ccccc12. The summed E-state index contributed by atoms with van der Waals surface area (Å²) >= 11 is 0. The smallest absolute Gasteiger partial charge is 0.313 e. The molecule has 1 unspecified atom stereocenters. The molecule has 2 aromatic carbocycles. The number of Topliss-reactive ketones (excluding diaryl/α,β-unsaturated/α-hetero) is 1. The zero-order valence-electron chi connectivity index (χ0n) is 12.5. The minimum atomic E-state index is -0.389. The fourth-order valence-electron chi connectivity index (χ4n) is 2.55. The Morgan fingerprint density at radius 1 is 1.10 bits per heavy atom. The first kappa shape index (κ1) is 15.2. The van der Waals surface area contributed by atoms with Crippen LogP contribution in [0.25, 0.3) is 10.8 Å². The van der Waals surface area contributed by atoms with Crippen LogP contribution in [-0.4, -0.2) is 18.4 Å². The Labute approximate surface area is 124 Å². The normalized spacial score (nSPS) is 12.1. The van der Waals surface area contributed by atoms with E-state index in [4.69, 9.17) is 4.74 Å². The van der Waals surface area contributed by atoms with Crippen molar-refractivity contribution in [2.24, 2.45) is 0 Å². The van der Waals surface area contributed by atoms with Crippen molar-refractivity contribution >= 4 is 22.5 Å². The van der Waals surface area contributed by atoms with Crippen LogP contribution < -0.4 is 0 Å². The van der Waals surface area contributed by atoms with Crippen molar-refractivity contribution in [3.8, 4) is 0 Å². The van der Waals surface area contributed by atoms with E-state index in [1.165, 1.54) is 0 Å². The van der Waals surface area contributed by atoms with Gasteiger partial charge in [-0.15, -0.1) is 0 Å². The topological polar surface area (TPSA) is 43.4 Å². The predicted octanol–water partition coefficient (Wildman–Crippen LogP) is 3.86. The number of hydrogen-bond acceptors (Lipinski definition) is 3. The van der Waals surface area contributed by atoms with E-state index in [-0.39, 0.29) is 17.7 Å². The molecule has 0 aliphatic heterocycles. The fraction of sp³-hybridized carbons (Fsp3) is 0.333. The molecular weight excluding hydrogens is 264 g/mol. The molecule has 2 aromatic rings. The molecule has 0 amide bonds. The average molecular weight is 284 g/mol. The Morgan fingerprint density at radius 3 is 2.52 bits per heavy atom. The van der Waals surface area contributed by atoms with Gasteiger partial charge in [0.25, 0.3) is 0 Å². The van der Waals surface area contributed by atoms with Crippen LogP contribution in [0.3, 0.4) is 0 Å². The van der Waals surface area contributed by atoms with Crippen molar-refractivity contribution < 1.29 is 14.3 Å². The van der Waals surface area contributed by atoms with Crippen molar-refractivity contribution in [3.63, 3.8) is 0 Å². The number of fused-ring (bicyclic) bond motifs is 1. The van der Waals surface area contributed by atoms with Crippen LogP contribution in [0.1, 0.15) is 38.2 Å². The number of esters is 1. The van der Waals surface area contributed by atoms with Gasteiger partial charge < -0.3 is 9.53 Å². The van der Waals surface area contributed by atoms with E-state index in [1.54, 1.807) is 13.8 Å². The van der Waals surface area contributed by atoms with Crippen LogP contribution in [0, 0.1) is 0 Å². The lowest BCUT2D eigenvalue weighted by molar-refractivity contribution is -0.145. The Morgan fingerprint density at radius 2 is 1.81 bits per heavy atom. The molecule has 0 aromatic heterocycles. The number of hydrogen-bond donors (Lipinski definition) is 0. The standard InChI is InChI=1S/C18H20O3/c1-3-21-18(20)17(12-11-13(2)19)16-10-6-8-14-7-4-5-9-15(14)16/h4-10,17H,3,11-12H2,1-2H3. The molecule has 1 atom stereocenters. The molecule has 0 saturated carbocycles. The molecular formula is C18H20O3. The maximum atomic E-state index is 12.3. The molecule has 0 bridgehead atoms. The molecule has 0 N–H and O–H groups in total. The Bertz CT molecular complexity index is 640. The van der Waals surface area contributed by atoms with Gasteiger partial charge in [0.2, 0.25) is 0 Å². The largest absolute Gasteiger partial charge is 0.466 e. The van der Waals surface area contributed by atoms with Crippen LogP contribution in [0.5, 0.6) is 0 Å². The molecule has 0 heterocycles. The number of ether oxygens (including phenoxy) is 1. The molecule has 2 rings (SSSR count). The predicted molar refractivity (Wildman–Crippen MR) is 83.2 cm³/mol. The summed E-state index contributed by atoms with van der Waals surface area (Å²) in [5, 5.41) is 2.13. The molecule has 0 aliphatic carbocycles. The second-order valence-electron chi connectivity index (χ2n) is 5.11. The minimum absolute atomic E-state index is 0.0875. The van der Waals surface area contributed by atoms with Gasteiger partial charge in [-0.25, -0.2) is 0 Å². The fourth-order valence-corrected chi connectivity index (χ4v) is 2.55. The van der Waals surface area contributed by atoms with Gasteiger partial charge >= 0.3 is 5.97 Å². The average Bonchev–Trinajstić information content (AvgIpc) is 2.47. The third-order valence-corrected chi connectivity index (χ3v) is 3.55. The second-order valence-corrected chi connectivity index (χ2v) is 5.11. The van der Waals surface area contributed by atoms with Gasteiger partial charge in [0.05, 0.1) is 12.5 Å². The number of carbonyl (C=O) groups excluding carboxylic acids is 2. The lowest BCUT2D eigenvalue weighted by Gasteiger charge is -2.17. The van der Waals surface area contributed by atoms with E-state index in [1.807, 2.05) is 42.5 Å². The lowest BCUT2D eigenvalue weighted by atomic mass is 9.89. The van der Waals surface area contributed by atoms with E-state index in [0.29, 0.717) is 19.4 Å². The summed E-state index contributed by atoms with van der Waals surface area (Å²) in [5.41, 5.74) is 0.938. The van der Waals surface area contributed by atoms with Crippen LogP contribution in [-0.2, 0) is 14.3 Å². The van der Waals surface area contributed by atoms with Crippen LogP contribution in [0.4, 0.5) is 0 Å². The number of ketones is 1. The van der Waals surface area contributed by atoms with Gasteiger partial charge in [0, 0.05) is 6.42 Å². The number of carbonyl (C=O) groups is 2. The Hall–Kier alpha value is -2.16. The van der Waals surface area contributed by atoms with Crippen molar-refractivity contribution in [1.82, 2.24) is 0 Å². The van der Waals surface area contributed by atoms with Crippen molar-refractivity contribution in [1.29, 1.82) is 0 Å². The van der Waals surface area contributed by atoms with Crippen LogP contribution in [0.2, 0.25) is 0 Å². The summed E-state index contributed by atoms with van der Waals surface area (Å²) in [6.07, 6.45) is 0.870. The first-order chi connectivity index (χ1) is 10.1. The third kappa shape index (κ3) is 3.69. The van der Waals surface area contributed by atoms with E-state index in [9.17, 15) is 9.59 Å². The summed E-state index contributed by atoms with van der Waals surface area (Å²) in [6, 6.07) is 13.9. The molecule has 0 aliphatic rings. The van der Waals surface area contributed by atoms with Gasteiger partial charge in [0.1, 0.15) is 5.78 Å². The van der Waals surface area contributed by atoms with Crippen molar-refractivity contribution in [2.45, 2.75) is 32.6 Å². The van der Waals surface area contributed by atoms with Crippen molar-refractivity contribution in [3.05, 3.63) is 48.0 Å².